The Hall–Kier alpha value is -2.54. The molecule has 0 saturated carbocycles. The Kier molecular flexibility index (Phi) is 3.72. The van der Waals surface area contributed by atoms with Gasteiger partial charge in [0.15, 0.2) is 0 Å². The molecule has 1 amide bonds. The van der Waals surface area contributed by atoms with Crippen molar-refractivity contribution in [3.8, 4) is 0 Å². The van der Waals surface area contributed by atoms with Crippen LogP contribution in [0, 0.1) is 0 Å². The smallest absolute Gasteiger partial charge is 0.305 e. The number of hydrogen-bond acceptors (Lipinski definition) is 5. The van der Waals surface area contributed by atoms with Gasteiger partial charge in [0.2, 0.25) is 0 Å². The van der Waals surface area contributed by atoms with Crippen molar-refractivity contribution in [2.24, 2.45) is 0 Å². The molecular weight excluding hydrogens is 286 g/mol. The lowest BCUT2D eigenvalue weighted by Crippen LogP contribution is -2.50. The van der Waals surface area contributed by atoms with E-state index in [0.717, 1.165) is 0 Å². The molecule has 7 nitrogen and oxygen atoms in total. The third-order valence-corrected chi connectivity index (χ3v) is 3.65. The quantitative estimate of drug-likeness (QED) is 0.873. The van der Waals surface area contributed by atoms with Crippen LogP contribution in [0.15, 0.2) is 30.5 Å². The first-order chi connectivity index (χ1) is 10.6. The summed E-state index contributed by atoms with van der Waals surface area (Å²) >= 11 is 0. The van der Waals surface area contributed by atoms with Gasteiger partial charge in [0.05, 0.1) is 35.8 Å². The number of rotatable bonds is 4. The maximum absolute atomic E-state index is 12.4. The molecule has 0 spiro atoms. The van der Waals surface area contributed by atoms with E-state index in [2.05, 4.69) is 15.3 Å². The summed E-state index contributed by atoms with van der Waals surface area (Å²) in [6, 6.07) is 7.23. The number of aromatic nitrogens is 2. The highest BCUT2D eigenvalue weighted by molar-refractivity contribution is 5.94. The fourth-order valence-electron chi connectivity index (χ4n) is 2.55. The molecule has 1 unspecified atom stereocenters. The van der Waals surface area contributed by atoms with Gasteiger partial charge in [0, 0.05) is 6.61 Å². The molecule has 7 heteroatoms. The summed E-state index contributed by atoms with van der Waals surface area (Å²) < 4.78 is 5.25. The number of amides is 1. The fraction of sp³-hybridized carbons (Fsp3) is 0.333. The summed E-state index contributed by atoms with van der Waals surface area (Å²) in [6.07, 6.45) is 1.67. The molecule has 2 heterocycles. The number of aliphatic carboxylic acids is 1. The SMILES string of the molecule is O=C(O)CC1(NC(=O)c2cnc3ccccc3n2)CCOC1. The molecular formula is C15H15N3O4. The minimum Gasteiger partial charge on any atom is -0.481 e. The van der Waals surface area contributed by atoms with Crippen LogP contribution in [0.5, 0.6) is 0 Å². The second-order valence-corrected chi connectivity index (χ2v) is 5.35. The predicted molar refractivity (Wildman–Crippen MR) is 77.4 cm³/mol. The van der Waals surface area contributed by atoms with Gasteiger partial charge in [-0.1, -0.05) is 12.1 Å². The molecule has 1 saturated heterocycles. The zero-order chi connectivity index (χ0) is 15.6. The van der Waals surface area contributed by atoms with Gasteiger partial charge >= 0.3 is 5.97 Å². The Morgan fingerprint density at radius 1 is 1.32 bits per heavy atom. The van der Waals surface area contributed by atoms with Gasteiger partial charge in [-0.05, 0) is 18.6 Å². The van der Waals surface area contributed by atoms with E-state index in [1.165, 1.54) is 6.20 Å². The number of nitrogens with zero attached hydrogens (tertiary/aromatic N) is 2. The number of hydrogen-bond donors (Lipinski definition) is 2. The number of carbonyl (C=O) groups excluding carboxylic acids is 1. The summed E-state index contributed by atoms with van der Waals surface area (Å²) in [5, 5.41) is 11.8. The molecule has 1 aromatic carbocycles. The van der Waals surface area contributed by atoms with E-state index in [1.807, 2.05) is 12.1 Å². The van der Waals surface area contributed by atoms with Crippen LogP contribution in [-0.4, -0.2) is 45.7 Å². The molecule has 2 N–H and O–H groups in total. The Morgan fingerprint density at radius 3 is 2.77 bits per heavy atom. The second kappa shape index (κ2) is 5.69. The number of ether oxygens (including phenoxy) is 1. The first-order valence-corrected chi connectivity index (χ1v) is 6.92. The van der Waals surface area contributed by atoms with Crippen LogP contribution in [0.2, 0.25) is 0 Å². The van der Waals surface area contributed by atoms with Crippen LogP contribution in [0.1, 0.15) is 23.3 Å². The molecule has 1 aromatic heterocycles. The molecule has 0 bridgehead atoms. The summed E-state index contributed by atoms with van der Waals surface area (Å²) in [4.78, 5) is 31.8. The first-order valence-electron chi connectivity index (χ1n) is 6.92. The lowest BCUT2D eigenvalue weighted by molar-refractivity contribution is -0.138. The van der Waals surface area contributed by atoms with Crippen LogP contribution in [0.25, 0.3) is 11.0 Å². The molecule has 22 heavy (non-hydrogen) atoms. The zero-order valence-electron chi connectivity index (χ0n) is 11.8. The van der Waals surface area contributed by atoms with E-state index < -0.39 is 17.4 Å². The number of carboxylic acids is 1. The maximum Gasteiger partial charge on any atom is 0.305 e. The van der Waals surface area contributed by atoms with E-state index in [0.29, 0.717) is 24.1 Å². The lowest BCUT2D eigenvalue weighted by atomic mass is 9.94. The molecule has 2 aromatic rings. The number of fused-ring (bicyclic) bond motifs is 1. The summed E-state index contributed by atoms with van der Waals surface area (Å²) in [5.74, 6) is -1.42. The number of nitrogens with one attached hydrogen (secondary N) is 1. The molecule has 0 aliphatic carbocycles. The first kappa shape index (κ1) is 14.4. The Morgan fingerprint density at radius 2 is 2.09 bits per heavy atom. The molecule has 1 fully saturated rings. The Balaban J connectivity index is 1.83. The van der Waals surface area contributed by atoms with Gasteiger partial charge < -0.3 is 15.2 Å². The topological polar surface area (TPSA) is 101 Å². The van der Waals surface area contributed by atoms with Crippen LogP contribution >= 0.6 is 0 Å². The van der Waals surface area contributed by atoms with E-state index in [9.17, 15) is 9.59 Å². The standard InChI is InChI=1S/C15H15N3O4/c19-13(20)7-15(5-6-22-9-15)18-14(21)12-8-16-10-3-1-2-4-11(10)17-12/h1-4,8H,5-7,9H2,(H,18,21)(H,19,20). The fourth-order valence-corrected chi connectivity index (χ4v) is 2.55. The van der Waals surface area contributed by atoms with Gasteiger partial charge in [0.25, 0.3) is 5.91 Å². The van der Waals surface area contributed by atoms with Crippen LogP contribution in [-0.2, 0) is 9.53 Å². The highest BCUT2D eigenvalue weighted by Crippen LogP contribution is 2.23. The van der Waals surface area contributed by atoms with Crippen molar-refractivity contribution < 1.29 is 19.4 Å². The Labute approximate surface area is 126 Å². The minimum absolute atomic E-state index is 0.162. The van der Waals surface area contributed by atoms with Crippen LogP contribution in [0.3, 0.4) is 0 Å². The average Bonchev–Trinajstić information content (AvgIpc) is 2.94. The maximum atomic E-state index is 12.4. The molecule has 3 rings (SSSR count). The monoisotopic (exact) mass is 301 g/mol. The highest BCUT2D eigenvalue weighted by Gasteiger charge is 2.39. The van der Waals surface area contributed by atoms with Gasteiger partial charge in [-0.25, -0.2) is 4.98 Å². The summed E-state index contributed by atoms with van der Waals surface area (Å²) in [7, 11) is 0. The second-order valence-electron chi connectivity index (χ2n) is 5.35. The normalized spacial score (nSPS) is 20.9. The van der Waals surface area contributed by atoms with Gasteiger partial charge in [-0.3, -0.25) is 14.6 Å². The van der Waals surface area contributed by atoms with Crippen molar-refractivity contribution in [1.82, 2.24) is 15.3 Å². The molecule has 1 atom stereocenters. The zero-order valence-corrected chi connectivity index (χ0v) is 11.8. The van der Waals surface area contributed by atoms with Crippen molar-refractivity contribution in [3.63, 3.8) is 0 Å². The van der Waals surface area contributed by atoms with E-state index >= 15 is 0 Å². The van der Waals surface area contributed by atoms with Crippen molar-refractivity contribution in [2.75, 3.05) is 13.2 Å². The third-order valence-electron chi connectivity index (χ3n) is 3.65. The lowest BCUT2D eigenvalue weighted by Gasteiger charge is -2.26. The van der Waals surface area contributed by atoms with Gasteiger partial charge in [-0.15, -0.1) is 0 Å². The number of carbonyl (C=O) groups is 2. The van der Waals surface area contributed by atoms with Gasteiger partial charge in [0.1, 0.15) is 5.69 Å². The highest BCUT2D eigenvalue weighted by atomic mass is 16.5. The van der Waals surface area contributed by atoms with E-state index in [1.54, 1.807) is 12.1 Å². The predicted octanol–water partition coefficient (Wildman–Crippen LogP) is 0.993. The Bertz CT molecular complexity index is 726. The molecule has 0 radical (unpaired) electrons. The van der Waals surface area contributed by atoms with E-state index in [4.69, 9.17) is 9.84 Å². The van der Waals surface area contributed by atoms with Crippen molar-refractivity contribution in [1.29, 1.82) is 0 Å². The molecule has 1 aliphatic heterocycles. The van der Waals surface area contributed by atoms with Gasteiger partial charge in [-0.2, -0.15) is 0 Å². The van der Waals surface area contributed by atoms with Crippen molar-refractivity contribution in [2.45, 2.75) is 18.4 Å². The molecule has 1 aliphatic rings. The summed E-state index contributed by atoms with van der Waals surface area (Å²) in [6.45, 7) is 0.614. The number of carboxylic acid groups (broad SMARTS) is 1. The number of benzene rings is 1. The van der Waals surface area contributed by atoms with Crippen LogP contribution in [0.4, 0.5) is 0 Å². The summed E-state index contributed by atoms with van der Waals surface area (Å²) in [5.41, 5.74) is 0.597. The van der Waals surface area contributed by atoms with E-state index in [-0.39, 0.29) is 18.7 Å². The van der Waals surface area contributed by atoms with Crippen molar-refractivity contribution >= 4 is 22.9 Å². The number of para-hydroxylation sites is 2. The van der Waals surface area contributed by atoms with Crippen molar-refractivity contribution in [3.05, 3.63) is 36.2 Å². The minimum atomic E-state index is -0.976. The largest absolute Gasteiger partial charge is 0.481 e. The third kappa shape index (κ3) is 2.89. The molecule has 114 valence electrons. The van der Waals surface area contributed by atoms with Crippen LogP contribution < -0.4 is 5.32 Å². The average molecular weight is 301 g/mol.